The number of halogens is 1. The maximum Gasteiger partial charge on any atom is 0.227 e. The average molecular weight is 394 g/mol. The van der Waals surface area contributed by atoms with Gasteiger partial charge in [-0.15, -0.1) is 0 Å². The van der Waals surface area contributed by atoms with E-state index in [1.165, 1.54) is 0 Å². The summed E-state index contributed by atoms with van der Waals surface area (Å²) in [5.74, 6) is 0.169. The molecule has 0 spiro atoms. The van der Waals surface area contributed by atoms with Gasteiger partial charge in [-0.25, -0.2) is 0 Å². The smallest absolute Gasteiger partial charge is 0.227 e. The molecule has 1 saturated heterocycles. The van der Waals surface area contributed by atoms with Crippen LogP contribution in [0, 0.1) is 13.8 Å². The highest BCUT2D eigenvalue weighted by molar-refractivity contribution is 6.33. The summed E-state index contributed by atoms with van der Waals surface area (Å²) in [6.45, 7) is 7.10. The molecule has 0 saturated carbocycles. The van der Waals surface area contributed by atoms with Gasteiger partial charge in [0.05, 0.1) is 22.6 Å². The molecule has 28 heavy (non-hydrogen) atoms. The predicted octanol–water partition coefficient (Wildman–Crippen LogP) is 4.40. The van der Waals surface area contributed by atoms with E-state index in [1.807, 2.05) is 54.3 Å². The summed E-state index contributed by atoms with van der Waals surface area (Å²) in [5.41, 5.74) is 5.19. The molecule has 1 aromatic heterocycles. The van der Waals surface area contributed by atoms with E-state index in [0.29, 0.717) is 19.5 Å². The van der Waals surface area contributed by atoms with Gasteiger partial charge < -0.3 is 9.80 Å². The van der Waals surface area contributed by atoms with E-state index in [0.717, 1.165) is 51.5 Å². The summed E-state index contributed by atoms with van der Waals surface area (Å²) < 4.78 is 0. The van der Waals surface area contributed by atoms with Gasteiger partial charge in [0.15, 0.2) is 0 Å². The van der Waals surface area contributed by atoms with Crippen molar-refractivity contribution in [1.82, 2.24) is 9.88 Å². The lowest BCUT2D eigenvalue weighted by Crippen LogP contribution is -2.49. The van der Waals surface area contributed by atoms with Crippen molar-refractivity contribution in [3.05, 3.63) is 70.4 Å². The third-order valence-corrected chi connectivity index (χ3v) is 5.96. The number of carbonyl (C=O) groups excluding carboxylic acids is 1. The fourth-order valence-corrected chi connectivity index (χ4v) is 4.25. The highest BCUT2D eigenvalue weighted by Gasteiger charge is 2.23. The van der Waals surface area contributed by atoms with Gasteiger partial charge in [0.1, 0.15) is 0 Å². The van der Waals surface area contributed by atoms with Crippen LogP contribution in [0.3, 0.4) is 0 Å². The van der Waals surface area contributed by atoms with Crippen LogP contribution in [-0.4, -0.2) is 42.0 Å². The predicted molar refractivity (Wildman–Crippen MR) is 115 cm³/mol. The second-order valence-electron chi connectivity index (χ2n) is 7.31. The second-order valence-corrected chi connectivity index (χ2v) is 7.72. The molecule has 2 heterocycles. The second kappa shape index (κ2) is 7.80. The molecule has 1 aliphatic heterocycles. The van der Waals surface area contributed by atoms with Crippen molar-refractivity contribution in [2.45, 2.75) is 20.3 Å². The zero-order chi connectivity index (χ0) is 19.7. The van der Waals surface area contributed by atoms with Crippen molar-refractivity contribution in [2.75, 3.05) is 31.1 Å². The van der Waals surface area contributed by atoms with Crippen molar-refractivity contribution in [1.29, 1.82) is 0 Å². The van der Waals surface area contributed by atoms with Crippen LogP contribution in [0.1, 0.15) is 16.8 Å². The Morgan fingerprint density at radius 1 is 1.00 bits per heavy atom. The normalized spacial score (nSPS) is 14.5. The number of rotatable bonds is 3. The van der Waals surface area contributed by atoms with Crippen molar-refractivity contribution >= 4 is 34.1 Å². The molecular formula is C23H24ClN3O. The van der Waals surface area contributed by atoms with E-state index in [-0.39, 0.29) is 5.91 Å². The van der Waals surface area contributed by atoms with E-state index in [1.54, 1.807) is 0 Å². The minimum Gasteiger partial charge on any atom is -0.367 e. The van der Waals surface area contributed by atoms with E-state index in [2.05, 4.69) is 17.9 Å². The SMILES string of the molecule is Cc1nc2ccccc2c(C)c1CC(=O)N1CCN(c2ccccc2Cl)CC1. The fraction of sp³-hybridized carbons (Fsp3) is 0.304. The van der Waals surface area contributed by atoms with Crippen molar-refractivity contribution in [3.8, 4) is 0 Å². The molecule has 2 aromatic carbocycles. The van der Waals surface area contributed by atoms with E-state index < -0.39 is 0 Å². The van der Waals surface area contributed by atoms with Crippen LogP contribution >= 0.6 is 11.6 Å². The van der Waals surface area contributed by atoms with Crippen LogP contribution in [0.25, 0.3) is 10.9 Å². The van der Waals surface area contributed by atoms with Gasteiger partial charge in [-0.3, -0.25) is 9.78 Å². The van der Waals surface area contributed by atoms with Crippen molar-refractivity contribution in [3.63, 3.8) is 0 Å². The zero-order valence-corrected chi connectivity index (χ0v) is 17.0. The molecule has 0 unspecified atom stereocenters. The first kappa shape index (κ1) is 18.8. The van der Waals surface area contributed by atoms with Gasteiger partial charge in [0.25, 0.3) is 0 Å². The molecule has 3 aromatic rings. The largest absolute Gasteiger partial charge is 0.367 e. The molecule has 1 amide bonds. The molecule has 5 heteroatoms. The summed E-state index contributed by atoms with van der Waals surface area (Å²) in [6, 6.07) is 16.0. The van der Waals surface area contributed by atoms with Crippen LogP contribution in [0.5, 0.6) is 0 Å². The molecule has 0 radical (unpaired) electrons. The maximum absolute atomic E-state index is 13.0. The number of fused-ring (bicyclic) bond motifs is 1. The number of benzene rings is 2. The first-order chi connectivity index (χ1) is 13.5. The van der Waals surface area contributed by atoms with Crippen LogP contribution < -0.4 is 4.90 Å². The van der Waals surface area contributed by atoms with E-state index >= 15 is 0 Å². The molecule has 0 N–H and O–H groups in total. The molecule has 4 nitrogen and oxygen atoms in total. The summed E-state index contributed by atoms with van der Waals surface area (Å²) in [6.07, 6.45) is 0.404. The Hall–Kier alpha value is -2.59. The van der Waals surface area contributed by atoms with Gasteiger partial charge in [-0.1, -0.05) is 41.9 Å². The van der Waals surface area contributed by atoms with Gasteiger partial charge in [-0.2, -0.15) is 0 Å². The molecular weight excluding hydrogens is 370 g/mol. The van der Waals surface area contributed by atoms with Crippen LogP contribution in [0.15, 0.2) is 48.5 Å². The van der Waals surface area contributed by atoms with Gasteiger partial charge in [0.2, 0.25) is 5.91 Å². The number of amides is 1. The van der Waals surface area contributed by atoms with Crippen LogP contribution in [0.4, 0.5) is 5.69 Å². The molecule has 1 aliphatic rings. The van der Waals surface area contributed by atoms with Gasteiger partial charge >= 0.3 is 0 Å². The minimum atomic E-state index is 0.169. The Morgan fingerprint density at radius 2 is 1.68 bits per heavy atom. The zero-order valence-electron chi connectivity index (χ0n) is 16.3. The molecule has 4 rings (SSSR count). The summed E-state index contributed by atoms with van der Waals surface area (Å²) in [4.78, 5) is 21.9. The highest BCUT2D eigenvalue weighted by atomic mass is 35.5. The third kappa shape index (κ3) is 3.57. The first-order valence-electron chi connectivity index (χ1n) is 9.66. The minimum absolute atomic E-state index is 0.169. The summed E-state index contributed by atoms with van der Waals surface area (Å²) >= 11 is 6.32. The average Bonchev–Trinajstić information content (AvgIpc) is 2.71. The number of anilines is 1. The standard InChI is InChI=1S/C23H24ClN3O/c1-16-18-7-3-5-9-21(18)25-17(2)19(16)15-23(28)27-13-11-26(12-14-27)22-10-6-4-8-20(22)24/h3-10H,11-15H2,1-2H3. The molecule has 0 aliphatic carbocycles. The Labute approximate surface area is 170 Å². The number of para-hydroxylation sites is 2. The Bertz CT molecular complexity index is 1030. The molecule has 0 atom stereocenters. The number of hydrogen-bond acceptors (Lipinski definition) is 3. The third-order valence-electron chi connectivity index (χ3n) is 5.64. The maximum atomic E-state index is 13.0. The Balaban J connectivity index is 1.47. The van der Waals surface area contributed by atoms with Gasteiger partial charge in [0, 0.05) is 37.3 Å². The lowest BCUT2D eigenvalue weighted by Gasteiger charge is -2.36. The molecule has 1 fully saturated rings. The molecule has 0 bridgehead atoms. The van der Waals surface area contributed by atoms with Crippen molar-refractivity contribution < 1.29 is 4.79 Å². The van der Waals surface area contributed by atoms with E-state index in [9.17, 15) is 4.79 Å². The van der Waals surface area contributed by atoms with E-state index in [4.69, 9.17) is 16.6 Å². The number of aromatic nitrogens is 1. The number of pyridine rings is 1. The fourth-order valence-electron chi connectivity index (χ4n) is 4.00. The number of nitrogens with zero attached hydrogens (tertiary/aromatic N) is 3. The summed E-state index contributed by atoms with van der Waals surface area (Å²) in [7, 11) is 0. The van der Waals surface area contributed by atoms with Crippen LogP contribution in [-0.2, 0) is 11.2 Å². The molecule has 144 valence electrons. The van der Waals surface area contributed by atoms with Crippen LogP contribution in [0.2, 0.25) is 5.02 Å². The first-order valence-corrected chi connectivity index (χ1v) is 10.0. The lowest BCUT2D eigenvalue weighted by molar-refractivity contribution is -0.130. The number of piperazine rings is 1. The Morgan fingerprint density at radius 3 is 2.43 bits per heavy atom. The Kier molecular flexibility index (Phi) is 5.23. The topological polar surface area (TPSA) is 36.4 Å². The quantitative estimate of drug-likeness (QED) is 0.661. The number of aryl methyl sites for hydroxylation is 2. The van der Waals surface area contributed by atoms with Gasteiger partial charge in [-0.05, 0) is 43.2 Å². The number of carbonyl (C=O) groups is 1. The highest BCUT2D eigenvalue weighted by Crippen LogP contribution is 2.27. The lowest BCUT2D eigenvalue weighted by atomic mass is 9.99. The monoisotopic (exact) mass is 393 g/mol. The van der Waals surface area contributed by atoms with Crippen molar-refractivity contribution in [2.24, 2.45) is 0 Å². The summed E-state index contributed by atoms with van der Waals surface area (Å²) in [5, 5.41) is 1.88. The number of hydrogen-bond donors (Lipinski definition) is 0.